The zero-order valence-electron chi connectivity index (χ0n) is 14.5. The monoisotopic (exact) mass is 318 g/mol. The number of nitrogens with zero attached hydrogens (tertiary/aromatic N) is 2. The van der Waals surface area contributed by atoms with E-state index in [1.165, 1.54) is 27.8 Å². The Morgan fingerprint density at radius 3 is 2.62 bits per heavy atom. The molecule has 2 heterocycles. The predicted octanol–water partition coefficient (Wildman–Crippen LogP) is 4.79. The van der Waals surface area contributed by atoms with Crippen LogP contribution < -0.4 is 4.74 Å². The predicted molar refractivity (Wildman–Crippen MR) is 97.0 cm³/mol. The average molecular weight is 318 g/mol. The number of ether oxygens (including phenoxy) is 1. The van der Waals surface area contributed by atoms with Gasteiger partial charge < -0.3 is 4.74 Å². The second-order valence-corrected chi connectivity index (χ2v) is 6.62. The Morgan fingerprint density at radius 2 is 1.83 bits per heavy atom. The molecule has 24 heavy (non-hydrogen) atoms. The molecule has 0 saturated carbocycles. The molecular weight excluding hydrogens is 296 g/mol. The van der Waals surface area contributed by atoms with Crippen molar-refractivity contribution in [1.29, 1.82) is 0 Å². The fourth-order valence-electron chi connectivity index (χ4n) is 3.81. The summed E-state index contributed by atoms with van der Waals surface area (Å²) >= 11 is 0. The Bertz CT molecular complexity index is 885. The maximum atomic E-state index is 5.99. The molecule has 3 aromatic rings. The third-order valence-corrected chi connectivity index (χ3v) is 4.72. The smallest absolute Gasteiger partial charge is 0.148 e. The zero-order valence-corrected chi connectivity index (χ0v) is 14.5. The van der Waals surface area contributed by atoms with Crippen molar-refractivity contribution in [1.82, 2.24) is 9.78 Å². The Hall–Kier alpha value is -2.55. The molecule has 1 aliphatic heterocycles. The Balaban J connectivity index is 1.92. The first kappa shape index (κ1) is 15.0. The van der Waals surface area contributed by atoms with Gasteiger partial charge in [-0.25, -0.2) is 4.68 Å². The number of hydrogen-bond acceptors (Lipinski definition) is 2. The summed E-state index contributed by atoms with van der Waals surface area (Å²) in [5.74, 6) is 0.983. The van der Waals surface area contributed by atoms with Gasteiger partial charge in [-0.1, -0.05) is 29.8 Å². The van der Waals surface area contributed by atoms with Crippen LogP contribution in [0.15, 0.2) is 42.6 Å². The van der Waals surface area contributed by atoms with Crippen LogP contribution in [-0.4, -0.2) is 16.4 Å². The van der Waals surface area contributed by atoms with Gasteiger partial charge in [0.25, 0.3) is 0 Å². The first-order chi connectivity index (χ1) is 11.6. The van der Waals surface area contributed by atoms with Crippen molar-refractivity contribution in [2.45, 2.75) is 33.6 Å². The van der Waals surface area contributed by atoms with E-state index in [0.29, 0.717) is 0 Å². The van der Waals surface area contributed by atoms with Crippen LogP contribution >= 0.6 is 0 Å². The molecule has 3 nitrogen and oxygen atoms in total. The van der Waals surface area contributed by atoms with Gasteiger partial charge >= 0.3 is 0 Å². The molecule has 3 heteroatoms. The third-order valence-electron chi connectivity index (χ3n) is 4.72. The lowest BCUT2D eigenvalue weighted by atomic mass is 9.97. The van der Waals surface area contributed by atoms with E-state index < -0.39 is 0 Å². The Morgan fingerprint density at radius 1 is 1.04 bits per heavy atom. The molecule has 0 saturated heterocycles. The summed E-state index contributed by atoms with van der Waals surface area (Å²) in [6, 6.07) is 12.9. The van der Waals surface area contributed by atoms with Crippen molar-refractivity contribution in [3.63, 3.8) is 0 Å². The van der Waals surface area contributed by atoms with Crippen LogP contribution in [0.4, 0.5) is 0 Å². The molecule has 1 aliphatic rings. The van der Waals surface area contributed by atoms with Crippen LogP contribution in [0.5, 0.6) is 5.75 Å². The lowest BCUT2D eigenvalue weighted by Crippen LogP contribution is -2.12. The van der Waals surface area contributed by atoms with Crippen molar-refractivity contribution >= 4 is 0 Å². The molecule has 2 aromatic carbocycles. The fraction of sp³-hybridized carbons (Fsp3) is 0.286. The molecule has 0 amide bonds. The maximum absolute atomic E-state index is 5.99. The molecule has 0 fully saturated rings. The zero-order chi connectivity index (χ0) is 16.7. The molecule has 0 atom stereocenters. The Labute approximate surface area is 142 Å². The van der Waals surface area contributed by atoms with Gasteiger partial charge in [-0.05, 0) is 62.4 Å². The van der Waals surface area contributed by atoms with Crippen LogP contribution in [0.3, 0.4) is 0 Å². The first-order valence-corrected chi connectivity index (χ1v) is 8.52. The van der Waals surface area contributed by atoms with Crippen molar-refractivity contribution in [3.05, 3.63) is 64.8 Å². The largest absolute Gasteiger partial charge is 0.491 e. The quantitative estimate of drug-likeness (QED) is 0.679. The number of benzene rings is 2. The van der Waals surface area contributed by atoms with Crippen molar-refractivity contribution in [2.75, 3.05) is 6.61 Å². The summed E-state index contributed by atoms with van der Waals surface area (Å²) in [5.41, 5.74) is 8.53. The van der Waals surface area contributed by atoms with E-state index >= 15 is 0 Å². The van der Waals surface area contributed by atoms with Crippen LogP contribution in [0.1, 0.15) is 28.7 Å². The molecule has 0 N–H and O–H groups in total. The molecule has 0 aliphatic carbocycles. The van der Waals surface area contributed by atoms with Crippen LogP contribution in [0.25, 0.3) is 16.9 Å². The van der Waals surface area contributed by atoms with E-state index in [-0.39, 0.29) is 0 Å². The fourth-order valence-corrected chi connectivity index (χ4v) is 3.81. The van der Waals surface area contributed by atoms with Gasteiger partial charge in [0, 0.05) is 5.56 Å². The number of rotatable bonds is 2. The van der Waals surface area contributed by atoms with E-state index in [1.807, 2.05) is 10.9 Å². The molecule has 0 spiro atoms. The SMILES string of the molecule is Cc1cc(C)c(-c2ccnn2-c2cccc3c2OCCC3)c(C)c1. The third kappa shape index (κ3) is 2.41. The van der Waals surface area contributed by atoms with E-state index in [1.54, 1.807) is 0 Å². The highest BCUT2D eigenvalue weighted by Crippen LogP contribution is 2.35. The maximum Gasteiger partial charge on any atom is 0.148 e. The highest BCUT2D eigenvalue weighted by atomic mass is 16.5. The lowest BCUT2D eigenvalue weighted by Gasteiger charge is -2.21. The summed E-state index contributed by atoms with van der Waals surface area (Å²) in [6.07, 6.45) is 4.03. The van der Waals surface area contributed by atoms with Crippen molar-refractivity contribution in [2.24, 2.45) is 0 Å². The molecular formula is C21H22N2O. The first-order valence-electron chi connectivity index (χ1n) is 8.52. The standard InChI is InChI=1S/C21H22N2O/c1-14-12-15(2)20(16(3)13-14)18-9-10-22-23(18)19-8-4-6-17-7-5-11-24-21(17)19/h4,6,8-10,12-13H,5,7,11H2,1-3H3. The van der Waals surface area contributed by atoms with Gasteiger partial charge in [-0.2, -0.15) is 5.10 Å². The molecule has 1 aromatic heterocycles. The number of hydrogen-bond donors (Lipinski definition) is 0. The molecule has 4 rings (SSSR count). The average Bonchev–Trinajstić information content (AvgIpc) is 3.02. The number of para-hydroxylation sites is 1. The van der Waals surface area contributed by atoms with E-state index in [2.05, 4.69) is 62.3 Å². The van der Waals surface area contributed by atoms with Gasteiger partial charge in [0.15, 0.2) is 0 Å². The van der Waals surface area contributed by atoms with Gasteiger partial charge in [0.05, 0.1) is 18.5 Å². The normalized spacial score (nSPS) is 13.5. The summed E-state index contributed by atoms with van der Waals surface area (Å²) < 4.78 is 8.01. The van der Waals surface area contributed by atoms with Crippen LogP contribution in [0, 0.1) is 20.8 Å². The molecule has 0 bridgehead atoms. The minimum atomic E-state index is 0.781. The summed E-state index contributed by atoms with van der Waals surface area (Å²) in [6.45, 7) is 7.26. The number of aryl methyl sites for hydroxylation is 4. The van der Waals surface area contributed by atoms with Crippen LogP contribution in [-0.2, 0) is 6.42 Å². The second kappa shape index (κ2) is 5.82. The number of aromatic nitrogens is 2. The highest BCUT2D eigenvalue weighted by molar-refractivity contribution is 5.71. The van der Waals surface area contributed by atoms with Gasteiger partial charge in [0.1, 0.15) is 11.4 Å². The molecule has 0 radical (unpaired) electrons. The van der Waals surface area contributed by atoms with Gasteiger partial charge in [0.2, 0.25) is 0 Å². The summed E-state index contributed by atoms with van der Waals surface area (Å²) in [4.78, 5) is 0. The second-order valence-electron chi connectivity index (χ2n) is 6.62. The van der Waals surface area contributed by atoms with E-state index in [4.69, 9.17) is 4.74 Å². The number of fused-ring (bicyclic) bond motifs is 1. The van der Waals surface area contributed by atoms with Gasteiger partial charge in [-0.3, -0.25) is 0 Å². The van der Waals surface area contributed by atoms with Crippen molar-refractivity contribution in [3.8, 4) is 22.7 Å². The van der Waals surface area contributed by atoms with E-state index in [9.17, 15) is 0 Å². The summed E-state index contributed by atoms with van der Waals surface area (Å²) in [7, 11) is 0. The lowest BCUT2D eigenvalue weighted by molar-refractivity contribution is 0.287. The minimum absolute atomic E-state index is 0.781. The molecule has 0 unspecified atom stereocenters. The topological polar surface area (TPSA) is 27.1 Å². The van der Waals surface area contributed by atoms with E-state index in [0.717, 1.165) is 36.6 Å². The van der Waals surface area contributed by atoms with Crippen molar-refractivity contribution < 1.29 is 4.74 Å². The highest BCUT2D eigenvalue weighted by Gasteiger charge is 2.19. The Kier molecular flexibility index (Phi) is 3.64. The van der Waals surface area contributed by atoms with Crippen LogP contribution in [0.2, 0.25) is 0 Å². The molecule has 122 valence electrons. The summed E-state index contributed by atoms with van der Waals surface area (Å²) in [5, 5.41) is 4.61. The van der Waals surface area contributed by atoms with Gasteiger partial charge in [-0.15, -0.1) is 0 Å². The minimum Gasteiger partial charge on any atom is -0.491 e.